The third kappa shape index (κ3) is 4.88. The molecule has 0 aliphatic rings. The van der Waals surface area contributed by atoms with Gasteiger partial charge in [-0.25, -0.2) is 4.79 Å². The molecule has 0 saturated carbocycles. The molecule has 0 spiro atoms. The second kappa shape index (κ2) is 7.81. The van der Waals surface area contributed by atoms with E-state index in [4.69, 9.17) is 5.11 Å². The molecule has 4 nitrogen and oxygen atoms in total. The van der Waals surface area contributed by atoms with Crippen molar-refractivity contribution in [2.75, 3.05) is 6.61 Å². The molecule has 0 bridgehead atoms. The van der Waals surface area contributed by atoms with Crippen LogP contribution in [0.25, 0.3) is 0 Å². The van der Waals surface area contributed by atoms with Crippen molar-refractivity contribution >= 4 is 17.4 Å². The van der Waals surface area contributed by atoms with Gasteiger partial charge >= 0.3 is 6.03 Å². The summed E-state index contributed by atoms with van der Waals surface area (Å²) >= 11 is 1.67. The second-order valence-electron chi connectivity index (χ2n) is 4.81. The highest BCUT2D eigenvalue weighted by molar-refractivity contribution is 7.11. The lowest BCUT2D eigenvalue weighted by Gasteiger charge is -2.18. The summed E-state index contributed by atoms with van der Waals surface area (Å²) < 4.78 is 0. The quantitative estimate of drug-likeness (QED) is 0.768. The molecule has 5 heteroatoms. The molecule has 2 rings (SSSR count). The van der Waals surface area contributed by atoms with Crippen molar-refractivity contribution in [2.45, 2.75) is 25.9 Å². The Labute approximate surface area is 128 Å². The minimum Gasteiger partial charge on any atom is -0.396 e. The fraction of sp³-hybridized carbons (Fsp3) is 0.312. The number of nitrogens with one attached hydrogen (secondary N) is 2. The zero-order valence-electron chi connectivity index (χ0n) is 12.0. The van der Waals surface area contributed by atoms with Gasteiger partial charge in [0.05, 0.1) is 12.6 Å². The van der Waals surface area contributed by atoms with E-state index in [1.54, 1.807) is 11.3 Å². The lowest BCUT2D eigenvalue weighted by atomic mass is 10.0. The number of aryl methyl sites for hydroxylation is 1. The Morgan fingerprint density at radius 3 is 2.62 bits per heavy atom. The molecular weight excluding hydrogens is 284 g/mol. The average Bonchev–Trinajstić information content (AvgIpc) is 2.91. The number of thiophene rings is 1. The molecule has 2 amide bonds. The monoisotopic (exact) mass is 304 g/mol. The minimum atomic E-state index is -0.219. The van der Waals surface area contributed by atoms with Crippen molar-refractivity contribution in [3.8, 4) is 0 Å². The molecule has 0 fully saturated rings. The molecular formula is C16H20N2O2S. The Morgan fingerprint density at radius 1 is 1.24 bits per heavy atom. The number of aliphatic hydroxyl groups excluding tert-OH is 1. The van der Waals surface area contributed by atoms with Gasteiger partial charge in [0, 0.05) is 16.4 Å². The Bertz CT molecular complexity index is 569. The van der Waals surface area contributed by atoms with Gasteiger partial charge in [0.25, 0.3) is 0 Å². The summed E-state index contributed by atoms with van der Waals surface area (Å²) in [5.74, 6) is 0. The highest BCUT2D eigenvalue weighted by Gasteiger charge is 2.13. The van der Waals surface area contributed by atoms with E-state index < -0.39 is 0 Å². The summed E-state index contributed by atoms with van der Waals surface area (Å²) in [6.07, 6.45) is 0.496. The maximum absolute atomic E-state index is 12.0. The standard InChI is InChI=1S/C16H20N2O2S/c1-12-7-8-14(21-12)11-17-16(20)18-15(9-10-19)13-5-3-2-4-6-13/h2-8,15,19H,9-11H2,1H3,(H2,17,18,20)/t15-/m1/s1. The van der Waals surface area contributed by atoms with E-state index in [1.165, 1.54) is 4.88 Å². The van der Waals surface area contributed by atoms with Gasteiger partial charge in [-0.3, -0.25) is 0 Å². The fourth-order valence-corrected chi connectivity index (χ4v) is 2.92. The SMILES string of the molecule is Cc1ccc(CNC(=O)N[C@H](CCO)c2ccccc2)s1. The van der Waals surface area contributed by atoms with Crippen molar-refractivity contribution < 1.29 is 9.90 Å². The number of hydrogen-bond acceptors (Lipinski definition) is 3. The lowest BCUT2D eigenvalue weighted by Crippen LogP contribution is -2.37. The number of urea groups is 1. The molecule has 112 valence electrons. The van der Waals surface area contributed by atoms with E-state index in [9.17, 15) is 4.79 Å². The van der Waals surface area contributed by atoms with E-state index in [0.29, 0.717) is 13.0 Å². The van der Waals surface area contributed by atoms with Gasteiger partial charge in [-0.1, -0.05) is 30.3 Å². The Hall–Kier alpha value is -1.85. The first-order valence-corrected chi connectivity index (χ1v) is 7.76. The van der Waals surface area contributed by atoms with Gasteiger partial charge in [-0.15, -0.1) is 11.3 Å². The van der Waals surface area contributed by atoms with Crippen LogP contribution in [0.3, 0.4) is 0 Å². The van der Waals surface area contributed by atoms with Crippen LogP contribution in [-0.2, 0) is 6.54 Å². The normalized spacial score (nSPS) is 11.9. The van der Waals surface area contributed by atoms with Crippen molar-refractivity contribution in [2.24, 2.45) is 0 Å². The summed E-state index contributed by atoms with van der Waals surface area (Å²) in [6.45, 7) is 2.59. The van der Waals surface area contributed by atoms with Gasteiger partial charge < -0.3 is 15.7 Å². The molecule has 0 unspecified atom stereocenters. The molecule has 0 aliphatic carbocycles. The van der Waals surface area contributed by atoms with E-state index in [-0.39, 0.29) is 18.7 Å². The summed E-state index contributed by atoms with van der Waals surface area (Å²) in [4.78, 5) is 14.3. The van der Waals surface area contributed by atoms with Crippen LogP contribution in [0.2, 0.25) is 0 Å². The minimum absolute atomic E-state index is 0.0317. The van der Waals surface area contributed by atoms with E-state index in [2.05, 4.69) is 10.6 Å². The molecule has 2 aromatic rings. The van der Waals surface area contributed by atoms with Crippen LogP contribution in [0.5, 0.6) is 0 Å². The summed E-state index contributed by atoms with van der Waals surface area (Å²) in [5, 5.41) is 14.9. The average molecular weight is 304 g/mol. The Kier molecular flexibility index (Phi) is 5.78. The third-order valence-corrected chi connectivity index (χ3v) is 4.14. The molecule has 1 atom stereocenters. The predicted molar refractivity (Wildman–Crippen MR) is 85.3 cm³/mol. The van der Waals surface area contributed by atoms with Crippen LogP contribution in [0.4, 0.5) is 4.79 Å². The first-order chi connectivity index (χ1) is 10.2. The zero-order valence-corrected chi connectivity index (χ0v) is 12.8. The lowest BCUT2D eigenvalue weighted by molar-refractivity contribution is 0.229. The van der Waals surface area contributed by atoms with Crippen molar-refractivity contribution in [1.29, 1.82) is 0 Å². The van der Waals surface area contributed by atoms with Crippen LogP contribution < -0.4 is 10.6 Å². The Morgan fingerprint density at radius 2 is 2.00 bits per heavy atom. The summed E-state index contributed by atoms with van der Waals surface area (Å²) in [5.41, 5.74) is 0.994. The highest BCUT2D eigenvalue weighted by Crippen LogP contribution is 2.16. The molecule has 1 aromatic carbocycles. The molecule has 21 heavy (non-hydrogen) atoms. The van der Waals surface area contributed by atoms with Gasteiger partial charge in [0.15, 0.2) is 0 Å². The number of benzene rings is 1. The molecule has 0 radical (unpaired) electrons. The number of amides is 2. The van der Waals surface area contributed by atoms with E-state index in [1.807, 2.05) is 49.4 Å². The molecule has 1 heterocycles. The third-order valence-electron chi connectivity index (χ3n) is 3.14. The first-order valence-electron chi connectivity index (χ1n) is 6.94. The van der Waals surface area contributed by atoms with Crippen LogP contribution >= 0.6 is 11.3 Å². The maximum atomic E-state index is 12.0. The van der Waals surface area contributed by atoms with Gasteiger partial charge in [-0.05, 0) is 31.0 Å². The van der Waals surface area contributed by atoms with Crippen LogP contribution in [-0.4, -0.2) is 17.7 Å². The smallest absolute Gasteiger partial charge is 0.315 e. The maximum Gasteiger partial charge on any atom is 0.315 e. The van der Waals surface area contributed by atoms with Gasteiger partial charge in [0.2, 0.25) is 0 Å². The van der Waals surface area contributed by atoms with Crippen molar-refractivity contribution in [1.82, 2.24) is 10.6 Å². The number of carbonyl (C=O) groups is 1. The number of carbonyl (C=O) groups excluding carboxylic acids is 1. The van der Waals surface area contributed by atoms with Gasteiger partial charge in [-0.2, -0.15) is 0 Å². The van der Waals surface area contributed by atoms with Crippen LogP contribution in [0.15, 0.2) is 42.5 Å². The van der Waals surface area contributed by atoms with Crippen molar-refractivity contribution in [3.63, 3.8) is 0 Å². The summed E-state index contributed by atoms with van der Waals surface area (Å²) in [6, 6.07) is 13.3. The molecule has 0 saturated heterocycles. The van der Waals surface area contributed by atoms with Crippen molar-refractivity contribution in [3.05, 3.63) is 57.8 Å². The van der Waals surface area contributed by atoms with Crippen LogP contribution in [0.1, 0.15) is 27.8 Å². The Balaban J connectivity index is 1.89. The second-order valence-corrected chi connectivity index (χ2v) is 6.19. The topological polar surface area (TPSA) is 61.4 Å². The molecule has 0 aliphatic heterocycles. The molecule has 1 aromatic heterocycles. The highest BCUT2D eigenvalue weighted by atomic mass is 32.1. The first kappa shape index (κ1) is 15.5. The summed E-state index contributed by atoms with van der Waals surface area (Å²) in [7, 11) is 0. The zero-order chi connectivity index (χ0) is 15.1. The predicted octanol–water partition coefficient (Wildman–Crippen LogP) is 2.98. The number of hydrogen-bond donors (Lipinski definition) is 3. The van der Waals surface area contributed by atoms with E-state index >= 15 is 0 Å². The van der Waals surface area contributed by atoms with Gasteiger partial charge in [0.1, 0.15) is 0 Å². The van der Waals surface area contributed by atoms with E-state index in [0.717, 1.165) is 10.4 Å². The number of aliphatic hydroxyl groups is 1. The largest absolute Gasteiger partial charge is 0.396 e. The fourth-order valence-electron chi connectivity index (χ4n) is 2.09. The molecule has 3 N–H and O–H groups in total. The van der Waals surface area contributed by atoms with Crippen LogP contribution in [0, 0.1) is 6.92 Å². The number of rotatable bonds is 6.